The molecule has 4 nitrogen and oxygen atoms in total. The van der Waals surface area contributed by atoms with E-state index in [1.807, 2.05) is 0 Å². The van der Waals surface area contributed by atoms with Crippen LogP contribution in [-0.4, -0.2) is 15.1 Å². The van der Waals surface area contributed by atoms with Crippen LogP contribution in [0.3, 0.4) is 0 Å². The van der Waals surface area contributed by atoms with Crippen LogP contribution in [-0.2, 0) is 0 Å². The predicted octanol–water partition coefficient (Wildman–Crippen LogP) is 2.04. The molecule has 6 heteroatoms. The number of hydrogen-bond acceptors (Lipinski definition) is 3. The molecule has 2 N–H and O–H groups in total. The number of rotatable bonds is 1. The Morgan fingerprint density at radius 2 is 2.19 bits per heavy atom. The van der Waals surface area contributed by atoms with Crippen molar-refractivity contribution in [1.29, 1.82) is 0 Å². The first-order chi connectivity index (χ1) is 7.58. The lowest BCUT2D eigenvalue weighted by Crippen LogP contribution is -2.09. The number of aromatic hydroxyl groups is 1. The molecule has 82 valence electrons. The third kappa shape index (κ3) is 1.96. The number of aromatic nitrogens is 2. The fraction of sp³-hybridized carbons (Fsp3) is 0. The largest absolute Gasteiger partial charge is 0.492 e. The molecule has 1 aromatic heterocycles. The molecule has 0 fully saturated rings. The lowest BCUT2D eigenvalue weighted by atomic mass is 10.2. The van der Waals surface area contributed by atoms with Crippen LogP contribution in [0.25, 0.3) is 11.4 Å². The maximum atomic E-state index is 12.9. The smallest absolute Gasteiger partial charge is 0.269 e. The zero-order chi connectivity index (χ0) is 11.7. The molecule has 1 heterocycles. The summed E-state index contributed by atoms with van der Waals surface area (Å²) in [6.07, 6.45) is 0. The van der Waals surface area contributed by atoms with E-state index in [2.05, 4.69) is 25.9 Å². The Bertz CT molecular complexity index is 598. The van der Waals surface area contributed by atoms with Gasteiger partial charge in [0.05, 0.1) is 0 Å². The number of nitrogens with zero attached hydrogens (tertiary/aromatic N) is 1. The second kappa shape index (κ2) is 4.05. The molecule has 0 bridgehead atoms. The molecular weight excluding hydrogens is 279 g/mol. The fourth-order valence-corrected chi connectivity index (χ4v) is 1.41. The fourth-order valence-electron chi connectivity index (χ4n) is 1.22. The van der Waals surface area contributed by atoms with Gasteiger partial charge in [-0.15, -0.1) is 0 Å². The molecular formula is C10H6BrFN2O2. The molecule has 0 aliphatic heterocycles. The Labute approximate surface area is 97.9 Å². The van der Waals surface area contributed by atoms with Crippen LogP contribution in [0, 0.1) is 5.82 Å². The Balaban J connectivity index is 2.61. The normalized spacial score (nSPS) is 10.4. The van der Waals surface area contributed by atoms with E-state index < -0.39 is 17.3 Å². The van der Waals surface area contributed by atoms with Crippen LogP contribution >= 0.6 is 15.9 Å². The molecule has 0 unspecified atom stereocenters. The molecule has 2 aromatic rings. The minimum absolute atomic E-state index is 0.0485. The van der Waals surface area contributed by atoms with E-state index in [-0.39, 0.29) is 10.3 Å². The van der Waals surface area contributed by atoms with Crippen molar-refractivity contribution in [2.45, 2.75) is 0 Å². The molecule has 2 rings (SSSR count). The van der Waals surface area contributed by atoms with Gasteiger partial charge < -0.3 is 10.1 Å². The summed E-state index contributed by atoms with van der Waals surface area (Å²) in [4.78, 5) is 17.5. The summed E-state index contributed by atoms with van der Waals surface area (Å²) in [5, 5.41) is 9.34. The van der Waals surface area contributed by atoms with Crippen LogP contribution in [0.15, 0.2) is 33.5 Å². The van der Waals surface area contributed by atoms with E-state index in [0.717, 1.165) is 0 Å². The highest BCUT2D eigenvalue weighted by atomic mass is 79.9. The van der Waals surface area contributed by atoms with Crippen molar-refractivity contribution in [3.05, 3.63) is 44.9 Å². The zero-order valence-electron chi connectivity index (χ0n) is 7.87. The van der Waals surface area contributed by atoms with E-state index in [4.69, 9.17) is 0 Å². The van der Waals surface area contributed by atoms with Crippen LogP contribution in [0.4, 0.5) is 4.39 Å². The molecule has 0 spiro atoms. The van der Waals surface area contributed by atoms with Crippen molar-refractivity contribution in [3.8, 4) is 17.3 Å². The van der Waals surface area contributed by atoms with E-state index >= 15 is 0 Å². The van der Waals surface area contributed by atoms with Gasteiger partial charge in [-0.1, -0.05) is 12.1 Å². The van der Waals surface area contributed by atoms with Crippen LogP contribution in [0.1, 0.15) is 0 Å². The maximum absolute atomic E-state index is 12.9. The second-order valence-electron chi connectivity index (χ2n) is 3.06. The standard InChI is InChI=1S/C10H6BrFN2O2/c11-7-9(15)13-8(14-10(7)16)5-2-1-3-6(12)4-5/h1-4H,(H2,13,14,15,16). The second-order valence-corrected chi connectivity index (χ2v) is 3.86. The molecule has 0 saturated carbocycles. The number of hydrogen-bond donors (Lipinski definition) is 2. The van der Waals surface area contributed by atoms with Crippen molar-refractivity contribution in [1.82, 2.24) is 9.97 Å². The first-order valence-electron chi connectivity index (χ1n) is 4.32. The summed E-state index contributed by atoms with van der Waals surface area (Å²) in [6, 6.07) is 5.56. The van der Waals surface area contributed by atoms with Crippen molar-refractivity contribution in [2.24, 2.45) is 0 Å². The average Bonchev–Trinajstić information content (AvgIpc) is 2.25. The molecule has 0 atom stereocenters. The Kier molecular flexibility index (Phi) is 2.74. The lowest BCUT2D eigenvalue weighted by molar-refractivity contribution is 0.448. The summed E-state index contributed by atoms with van der Waals surface area (Å²) in [5.74, 6) is -0.754. The molecule has 0 aliphatic carbocycles. The van der Waals surface area contributed by atoms with Gasteiger partial charge in [0.25, 0.3) is 5.56 Å². The minimum atomic E-state index is -0.522. The number of halogens is 2. The van der Waals surface area contributed by atoms with E-state index in [0.29, 0.717) is 5.56 Å². The summed E-state index contributed by atoms with van der Waals surface area (Å²) in [5.41, 5.74) is -0.133. The highest BCUT2D eigenvalue weighted by molar-refractivity contribution is 9.10. The quantitative estimate of drug-likeness (QED) is 0.842. The monoisotopic (exact) mass is 284 g/mol. The van der Waals surface area contributed by atoms with Gasteiger partial charge in [-0.2, -0.15) is 4.98 Å². The van der Waals surface area contributed by atoms with Gasteiger partial charge in [-0.25, -0.2) is 4.39 Å². The Hall–Kier alpha value is -1.69. The van der Waals surface area contributed by atoms with Gasteiger partial charge in [-0.05, 0) is 28.1 Å². The van der Waals surface area contributed by atoms with Gasteiger partial charge in [0, 0.05) is 5.56 Å². The first kappa shape index (κ1) is 10.8. The lowest BCUT2D eigenvalue weighted by Gasteiger charge is -2.02. The van der Waals surface area contributed by atoms with Crippen molar-refractivity contribution in [3.63, 3.8) is 0 Å². The van der Waals surface area contributed by atoms with E-state index in [1.165, 1.54) is 18.2 Å². The SMILES string of the molecule is O=c1[nH]c(-c2cccc(F)c2)nc(O)c1Br. The van der Waals surface area contributed by atoms with Crippen molar-refractivity contribution < 1.29 is 9.50 Å². The van der Waals surface area contributed by atoms with Crippen LogP contribution in [0.5, 0.6) is 5.88 Å². The summed E-state index contributed by atoms with van der Waals surface area (Å²) < 4.78 is 12.9. The minimum Gasteiger partial charge on any atom is -0.492 e. The molecule has 16 heavy (non-hydrogen) atoms. The van der Waals surface area contributed by atoms with Gasteiger partial charge in [0.2, 0.25) is 5.88 Å². The number of H-pyrrole nitrogens is 1. The van der Waals surface area contributed by atoms with Crippen molar-refractivity contribution in [2.75, 3.05) is 0 Å². The van der Waals surface area contributed by atoms with Gasteiger partial charge in [-0.3, -0.25) is 4.79 Å². The average molecular weight is 285 g/mol. The molecule has 0 radical (unpaired) electrons. The first-order valence-corrected chi connectivity index (χ1v) is 5.12. The highest BCUT2D eigenvalue weighted by Gasteiger charge is 2.09. The number of benzene rings is 1. The van der Waals surface area contributed by atoms with Gasteiger partial charge in [0.15, 0.2) is 0 Å². The third-order valence-electron chi connectivity index (χ3n) is 1.94. The van der Waals surface area contributed by atoms with Crippen LogP contribution < -0.4 is 5.56 Å². The zero-order valence-corrected chi connectivity index (χ0v) is 9.45. The molecule has 0 aliphatic rings. The van der Waals surface area contributed by atoms with Crippen molar-refractivity contribution >= 4 is 15.9 Å². The summed E-state index contributed by atoms with van der Waals surface area (Å²) in [6.45, 7) is 0. The highest BCUT2D eigenvalue weighted by Crippen LogP contribution is 2.20. The molecule has 0 saturated heterocycles. The van der Waals surface area contributed by atoms with E-state index in [1.54, 1.807) is 6.07 Å². The third-order valence-corrected chi connectivity index (χ3v) is 2.66. The van der Waals surface area contributed by atoms with E-state index in [9.17, 15) is 14.3 Å². The number of aromatic amines is 1. The molecule has 0 amide bonds. The predicted molar refractivity (Wildman–Crippen MR) is 59.6 cm³/mol. The topological polar surface area (TPSA) is 66.0 Å². The maximum Gasteiger partial charge on any atom is 0.269 e. The Morgan fingerprint density at radius 1 is 1.44 bits per heavy atom. The summed E-state index contributed by atoms with van der Waals surface area (Å²) >= 11 is 2.87. The van der Waals surface area contributed by atoms with Crippen LogP contribution in [0.2, 0.25) is 0 Å². The molecule has 1 aromatic carbocycles. The van der Waals surface area contributed by atoms with Gasteiger partial charge >= 0.3 is 0 Å². The van der Waals surface area contributed by atoms with Gasteiger partial charge in [0.1, 0.15) is 16.1 Å². The number of nitrogens with one attached hydrogen (secondary N) is 1. The summed E-state index contributed by atoms with van der Waals surface area (Å²) in [7, 11) is 0. The Morgan fingerprint density at radius 3 is 2.81 bits per heavy atom.